The molecule has 0 atom stereocenters. The highest BCUT2D eigenvalue weighted by atomic mass is 16.3. The molecule has 0 spiro atoms. The third-order valence-corrected chi connectivity index (χ3v) is 12.2. The van der Waals surface area contributed by atoms with Crippen LogP contribution in [0.2, 0.25) is 0 Å². The summed E-state index contributed by atoms with van der Waals surface area (Å²) >= 11 is 0. The van der Waals surface area contributed by atoms with Gasteiger partial charge in [-0.2, -0.15) is 0 Å². The van der Waals surface area contributed by atoms with Crippen LogP contribution in [0.1, 0.15) is 22.3 Å². The van der Waals surface area contributed by atoms with E-state index >= 15 is 0 Å². The molecule has 58 heavy (non-hydrogen) atoms. The summed E-state index contributed by atoms with van der Waals surface area (Å²) in [4.78, 5) is 2.32. The van der Waals surface area contributed by atoms with E-state index < -0.39 is 5.41 Å². The number of benzene rings is 9. The highest BCUT2D eigenvalue weighted by Crippen LogP contribution is 2.56. The monoisotopic (exact) mass is 741 g/mol. The standard InChI is InChI=1S/C55H35NO2/c1-3-14-36(15-4-1)37-26-29-40(30-27-37)56(41-31-33-52-47(35-41)44-20-9-12-25-51(44)57-52)50-24-13-21-46-45-32-28-39(34-53(45)58-54(46)50)55(38-16-5-2-6-17-38)48-22-10-7-18-42(48)43-19-8-11-23-49(43)55/h1-35H. The topological polar surface area (TPSA) is 29.5 Å². The number of furan rings is 2. The molecule has 0 unspecified atom stereocenters. The lowest BCUT2D eigenvalue weighted by Gasteiger charge is -2.33. The van der Waals surface area contributed by atoms with Gasteiger partial charge in [0.05, 0.1) is 11.1 Å². The molecule has 0 bridgehead atoms. The van der Waals surface area contributed by atoms with E-state index in [0.29, 0.717) is 0 Å². The highest BCUT2D eigenvalue weighted by Gasteiger charge is 2.46. The highest BCUT2D eigenvalue weighted by molar-refractivity contribution is 6.12. The van der Waals surface area contributed by atoms with Crippen molar-refractivity contribution in [2.24, 2.45) is 0 Å². The molecular weight excluding hydrogens is 707 g/mol. The Bertz CT molecular complexity index is 3290. The lowest BCUT2D eigenvalue weighted by Crippen LogP contribution is -2.28. The summed E-state index contributed by atoms with van der Waals surface area (Å²) < 4.78 is 13.4. The first-order valence-corrected chi connectivity index (χ1v) is 19.8. The molecular formula is C55H35NO2. The van der Waals surface area contributed by atoms with Gasteiger partial charge >= 0.3 is 0 Å². The molecule has 9 aromatic carbocycles. The zero-order chi connectivity index (χ0) is 38.2. The van der Waals surface area contributed by atoms with Crippen molar-refractivity contribution in [2.45, 2.75) is 5.41 Å². The number of hydrogen-bond acceptors (Lipinski definition) is 3. The molecule has 12 rings (SSSR count). The SMILES string of the molecule is c1ccc(-c2ccc(N(c3ccc4oc5ccccc5c4c3)c3cccc4c3oc3cc(C5(c6ccccc6)c6ccccc6-c6ccccc65)ccc34)cc2)cc1. The van der Waals surface area contributed by atoms with Crippen molar-refractivity contribution in [1.29, 1.82) is 0 Å². The van der Waals surface area contributed by atoms with Gasteiger partial charge in [-0.25, -0.2) is 0 Å². The van der Waals surface area contributed by atoms with Gasteiger partial charge < -0.3 is 13.7 Å². The van der Waals surface area contributed by atoms with E-state index in [1.54, 1.807) is 0 Å². The Labute approximate surface area is 335 Å². The maximum absolute atomic E-state index is 7.14. The Hall–Kier alpha value is -7.62. The second-order valence-corrected chi connectivity index (χ2v) is 15.2. The van der Waals surface area contributed by atoms with E-state index in [1.165, 1.54) is 38.9 Å². The Balaban J connectivity index is 1.08. The van der Waals surface area contributed by atoms with Crippen LogP contribution in [0.3, 0.4) is 0 Å². The fourth-order valence-corrected chi connectivity index (χ4v) is 9.62. The summed E-state index contributed by atoms with van der Waals surface area (Å²) in [6.07, 6.45) is 0. The molecule has 272 valence electrons. The molecule has 0 saturated heterocycles. The van der Waals surface area contributed by atoms with Crippen LogP contribution in [0.4, 0.5) is 17.1 Å². The van der Waals surface area contributed by atoms with Crippen molar-refractivity contribution in [2.75, 3.05) is 4.90 Å². The van der Waals surface area contributed by atoms with Gasteiger partial charge in [-0.1, -0.05) is 164 Å². The summed E-state index contributed by atoms with van der Waals surface area (Å²) in [5, 5.41) is 4.32. The van der Waals surface area contributed by atoms with Gasteiger partial charge in [0.25, 0.3) is 0 Å². The van der Waals surface area contributed by atoms with Crippen LogP contribution < -0.4 is 4.90 Å². The predicted molar refractivity (Wildman–Crippen MR) is 238 cm³/mol. The molecule has 0 radical (unpaired) electrons. The average molecular weight is 742 g/mol. The van der Waals surface area contributed by atoms with Crippen molar-refractivity contribution >= 4 is 60.9 Å². The zero-order valence-corrected chi connectivity index (χ0v) is 31.5. The van der Waals surface area contributed by atoms with Gasteiger partial charge in [-0.05, 0) is 93.0 Å². The van der Waals surface area contributed by atoms with E-state index in [9.17, 15) is 0 Å². The zero-order valence-electron chi connectivity index (χ0n) is 31.5. The van der Waals surface area contributed by atoms with Crippen molar-refractivity contribution in [3.63, 3.8) is 0 Å². The van der Waals surface area contributed by atoms with Crippen LogP contribution in [0, 0.1) is 0 Å². The second kappa shape index (κ2) is 12.7. The summed E-state index contributed by atoms with van der Waals surface area (Å²) in [5.74, 6) is 0. The quantitative estimate of drug-likeness (QED) is 0.170. The molecule has 3 nitrogen and oxygen atoms in total. The maximum atomic E-state index is 7.14. The predicted octanol–water partition coefficient (Wildman–Crippen LogP) is 15.0. The van der Waals surface area contributed by atoms with E-state index in [2.05, 4.69) is 205 Å². The number of rotatable bonds is 6. The van der Waals surface area contributed by atoms with E-state index in [1.807, 2.05) is 12.1 Å². The minimum atomic E-state index is -0.514. The minimum absolute atomic E-state index is 0.514. The van der Waals surface area contributed by atoms with Crippen molar-refractivity contribution < 1.29 is 8.83 Å². The van der Waals surface area contributed by atoms with Crippen LogP contribution in [-0.2, 0) is 5.41 Å². The number of para-hydroxylation sites is 2. The number of fused-ring (bicyclic) bond motifs is 9. The molecule has 0 N–H and O–H groups in total. The maximum Gasteiger partial charge on any atom is 0.159 e. The van der Waals surface area contributed by atoms with Gasteiger partial charge in [0.1, 0.15) is 16.7 Å². The fraction of sp³-hybridized carbons (Fsp3) is 0.0182. The van der Waals surface area contributed by atoms with E-state index in [-0.39, 0.29) is 0 Å². The van der Waals surface area contributed by atoms with Crippen molar-refractivity contribution in [3.05, 3.63) is 235 Å². The van der Waals surface area contributed by atoms with E-state index in [4.69, 9.17) is 8.83 Å². The Morgan fingerprint density at radius 3 is 1.72 bits per heavy atom. The largest absolute Gasteiger partial charge is 0.456 e. The van der Waals surface area contributed by atoms with E-state index in [0.717, 1.165) is 66.5 Å². The first-order chi connectivity index (χ1) is 28.8. The molecule has 1 aliphatic carbocycles. The third-order valence-electron chi connectivity index (χ3n) is 12.2. The van der Waals surface area contributed by atoms with Crippen LogP contribution in [-0.4, -0.2) is 0 Å². The number of hydrogen-bond donors (Lipinski definition) is 0. The van der Waals surface area contributed by atoms with Crippen LogP contribution in [0.5, 0.6) is 0 Å². The Morgan fingerprint density at radius 2 is 0.948 bits per heavy atom. The van der Waals surface area contributed by atoms with Crippen LogP contribution >= 0.6 is 0 Å². The molecule has 0 amide bonds. The summed E-state index contributed by atoms with van der Waals surface area (Å²) in [5.41, 5.74) is 15.8. The number of nitrogens with zero attached hydrogens (tertiary/aromatic N) is 1. The van der Waals surface area contributed by atoms with Crippen LogP contribution in [0.25, 0.3) is 66.1 Å². The third kappa shape index (κ3) is 4.74. The Morgan fingerprint density at radius 1 is 0.345 bits per heavy atom. The van der Waals surface area contributed by atoms with Gasteiger partial charge in [-0.3, -0.25) is 0 Å². The van der Waals surface area contributed by atoms with Crippen molar-refractivity contribution in [3.8, 4) is 22.3 Å². The molecule has 2 aromatic heterocycles. The number of anilines is 3. The molecule has 2 heterocycles. The normalized spacial score (nSPS) is 13.0. The smallest absolute Gasteiger partial charge is 0.159 e. The minimum Gasteiger partial charge on any atom is -0.456 e. The molecule has 1 aliphatic rings. The molecule has 11 aromatic rings. The van der Waals surface area contributed by atoms with Gasteiger partial charge in [0.15, 0.2) is 5.58 Å². The molecule has 0 fully saturated rings. The molecule has 3 heteroatoms. The van der Waals surface area contributed by atoms with Gasteiger partial charge in [-0.15, -0.1) is 0 Å². The summed E-state index contributed by atoms with van der Waals surface area (Å²) in [6.45, 7) is 0. The molecule has 0 saturated carbocycles. The van der Waals surface area contributed by atoms with Gasteiger partial charge in [0, 0.05) is 32.9 Å². The summed E-state index contributed by atoms with van der Waals surface area (Å²) in [6, 6.07) is 76.1. The van der Waals surface area contributed by atoms with Crippen LogP contribution in [0.15, 0.2) is 221 Å². The lowest BCUT2D eigenvalue weighted by molar-refractivity contribution is 0.666. The molecule has 0 aliphatic heterocycles. The fourth-order valence-electron chi connectivity index (χ4n) is 9.62. The first kappa shape index (κ1) is 32.6. The average Bonchev–Trinajstić information content (AvgIpc) is 3.96. The first-order valence-electron chi connectivity index (χ1n) is 19.8. The van der Waals surface area contributed by atoms with Gasteiger partial charge in [0.2, 0.25) is 0 Å². The van der Waals surface area contributed by atoms with Crippen molar-refractivity contribution in [1.82, 2.24) is 0 Å². The lowest BCUT2D eigenvalue weighted by atomic mass is 9.67. The summed E-state index contributed by atoms with van der Waals surface area (Å²) in [7, 11) is 0. The second-order valence-electron chi connectivity index (χ2n) is 15.2. The Kier molecular flexibility index (Phi) is 7.14.